The fourth-order valence-corrected chi connectivity index (χ4v) is 5.47. The third kappa shape index (κ3) is 1.75. The first kappa shape index (κ1) is 13.9. The summed E-state index contributed by atoms with van der Waals surface area (Å²) in [7, 11) is 0. The number of phenolic OH excluding ortho intramolecular Hbond substituents is 1. The van der Waals surface area contributed by atoms with Crippen LogP contribution >= 0.6 is 22.6 Å². The Bertz CT molecular complexity index is 614. The van der Waals surface area contributed by atoms with Gasteiger partial charge in [-0.2, -0.15) is 0 Å². The van der Waals surface area contributed by atoms with Gasteiger partial charge in [0.25, 0.3) is 0 Å². The summed E-state index contributed by atoms with van der Waals surface area (Å²) in [4.78, 5) is 0. The van der Waals surface area contributed by atoms with Gasteiger partial charge in [-0.3, -0.25) is 0 Å². The third-order valence-electron chi connectivity index (χ3n) is 5.50. The molecule has 3 aliphatic rings. The number of aliphatic hydroxyl groups is 1. The molecule has 0 saturated heterocycles. The second kappa shape index (κ2) is 4.62. The highest BCUT2D eigenvalue weighted by Gasteiger charge is 2.61. The zero-order chi connectivity index (χ0) is 14.8. The molecule has 3 nitrogen and oxygen atoms in total. The van der Waals surface area contributed by atoms with E-state index in [9.17, 15) is 10.2 Å². The number of ether oxygens (including phenoxy) is 1. The van der Waals surface area contributed by atoms with Gasteiger partial charge in [-0.05, 0) is 42.7 Å². The Balaban J connectivity index is 1.93. The monoisotopic (exact) mass is 398 g/mol. The van der Waals surface area contributed by atoms with Crippen LogP contribution in [0, 0.1) is 5.92 Å². The van der Waals surface area contributed by atoms with Crippen molar-refractivity contribution in [2.75, 3.05) is 4.43 Å². The number of phenols is 1. The van der Waals surface area contributed by atoms with Crippen LogP contribution in [0.3, 0.4) is 0 Å². The molecule has 1 fully saturated rings. The van der Waals surface area contributed by atoms with E-state index >= 15 is 0 Å². The molecular weight excluding hydrogens is 379 g/mol. The number of fused-ring (bicyclic) bond motifs is 2. The molecule has 1 heterocycles. The Kier molecular flexibility index (Phi) is 3.05. The van der Waals surface area contributed by atoms with Crippen LogP contribution in [0.1, 0.15) is 36.3 Å². The smallest absolute Gasteiger partial charge is 0.165 e. The fourth-order valence-electron chi connectivity index (χ4n) is 4.51. The fraction of sp³-hybridized carbons (Fsp3) is 0.529. The minimum Gasteiger partial charge on any atom is -0.504 e. The first-order valence-electron chi connectivity index (χ1n) is 7.52. The first-order valence-corrected chi connectivity index (χ1v) is 9.04. The molecule has 5 atom stereocenters. The number of benzene rings is 1. The summed E-state index contributed by atoms with van der Waals surface area (Å²) < 4.78 is 7.07. The van der Waals surface area contributed by atoms with Crippen molar-refractivity contribution in [2.24, 2.45) is 5.92 Å². The van der Waals surface area contributed by atoms with Gasteiger partial charge in [-0.1, -0.05) is 34.7 Å². The normalized spacial score (nSPS) is 36.4. The number of alkyl halides is 1. The van der Waals surface area contributed by atoms with Crippen LogP contribution in [0.25, 0.3) is 0 Å². The van der Waals surface area contributed by atoms with Crippen molar-refractivity contribution in [1.29, 1.82) is 0 Å². The lowest BCUT2D eigenvalue weighted by Crippen LogP contribution is -2.47. The Morgan fingerprint density at radius 2 is 2.33 bits per heavy atom. The van der Waals surface area contributed by atoms with Crippen LogP contribution in [0.5, 0.6) is 11.5 Å². The molecule has 1 unspecified atom stereocenters. The summed E-state index contributed by atoms with van der Waals surface area (Å²) in [5.74, 6) is 2.14. The van der Waals surface area contributed by atoms with Crippen molar-refractivity contribution >= 4 is 22.6 Å². The molecule has 4 rings (SSSR count). The molecule has 1 aromatic carbocycles. The maximum atomic E-state index is 10.4. The van der Waals surface area contributed by atoms with Crippen LogP contribution in [-0.2, 0) is 5.41 Å². The molecule has 112 valence electrons. The number of rotatable bonds is 4. The predicted octanol–water partition coefficient (Wildman–Crippen LogP) is 3.27. The zero-order valence-electron chi connectivity index (χ0n) is 11.8. The maximum Gasteiger partial charge on any atom is 0.165 e. The summed E-state index contributed by atoms with van der Waals surface area (Å²) in [5, 5.41) is 20.6. The number of hydrogen-bond donors (Lipinski definition) is 2. The first-order chi connectivity index (χ1) is 10.1. The van der Waals surface area contributed by atoms with Gasteiger partial charge in [0.15, 0.2) is 11.5 Å². The van der Waals surface area contributed by atoms with Gasteiger partial charge < -0.3 is 14.9 Å². The van der Waals surface area contributed by atoms with E-state index in [-0.39, 0.29) is 17.3 Å². The van der Waals surface area contributed by atoms with E-state index in [2.05, 4.69) is 35.2 Å². The SMILES string of the molecule is C=C[C@@H](O)[C@H]1Oc2c(O)ccc3c2[C@@]1(CCI)C[C@H]1CC31. The molecule has 0 spiro atoms. The lowest BCUT2D eigenvalue weighted by atomic mass is 9.65. The van der Waals surface area contributed by atoms with Gasteiger partial charge in [-0.15, -0.1) is 6.58 Å². The summed E-state index contributed by atoms with van der Waals surface area (Å²) in [6.45, 7) is 3.73. The van der Waals surface area contributed by atoms with Crippen molar-refractivity contribution in [3.8, 4) is 11.5 Å². The number of aromatic hydroxyl groups is 1. The quantitative estimate of drug-likeness (QED) is 0.465. The van der Waals surface area contributed by atoms with E-state index in [1.54, 1.807) is 12.1 Å². The number of aliphatic hydroxyl groups excluding tert-OH is 1. The summed E-state index contributed by atoms with van der Waals surface area (Å²) in [6.07, 6.45) is 3.78. The van der Waals surface area contributed by atoms with E-state index in [4.69, 9.17) is 4.74 Å². The third-order valence-corrected chi connectivity index (χ3v) is 6.04. The maximum absolute atomic E-state index is 10.4. The van der Waals surface area contributed by atoms with Crippen molar-refractivity contribution in [3.63, 3.8) is 0 Å². The van der Waals surface area contributed by atoms with E-state index in [1.165, 1.54) is 17.5 Å². The van der Waals surface area contributed by atoms with Gasteiger partial charge in [0.2, 0.25) is 0 Å². The Labute approximate surface area is 138 Å². The second-order valence-electron chi connectivity index (χ2n) is 6.54. The Morgan fingerprint density at radius 3 is 3.05 bits per heavy atom. The van der Waals surface area contributed by atoms with E-state index in [0.717, 1.165) is 17.3 Å². The molecule has 0 aromatic heterocycles. The van der Waals surface area contributed by atoms with Crippen LogP contribution in [0.2, 0.25) is 0 Å². The standard InChI is InChI=1S/C17H19IO3/c1-2-12(19)16-17(5-6-18)8-9-7-11(9)10-3-4-13(20)15(21-16)14(10)17/h2-4,9,11-12,16,19-20H,1,5-8H2/t9-,11?,12-,16-,17-/m1/s1. The van der Waals surface area contributed by atoms with Crippen molar-refractivity contribution < 1.29 is 14.9 Å². The minimum atomic E-state index is -0.706. The molecule has 0 amide bonds. The van der Waals surface area contributed by atoms with Gasteiger partial charge in [0.05, 0.1) is 0 Å². The highest BCUT2D eigenvalue weighted by Crippen LogP contribution is 2.67. The van der Waals surface area contributed by atoms with Crippen LogP contribution in [0.4, 0.5) is 0 Å². The molecule has 2 N–H and O–H groups in total. The van der Waals surface area contributed by atoms with Crippen molar-refractivity contribution in [1.82, 2.24) is 0 Å². The Morgan fingerprint density at radius 1 is 1.52 bits per heavy atom. The molecule has 1 aliphatic heterocycles. The molecule has 2 aliphatic carbocycles. The van der Waals surface area contributed by atoms with Crippen LogP contribution < -0.4 is 4.74 Å². The van der Waals surface area contributed by atoms with E-state index < -0.39 is 6.10 Å². The van der Waals surface area contributed by atoms with Gasteiger partial charge in [-0.25, -0.2) is 0 Å². The van der Waals surface area contributed by atoms with Crippen molar-refractivity contribution in [3.05, 3.63) is 35.9 Å². The average Bonchev–Trinajstić information content (AvgIpc) is 3.16. The van der Waals surface area contributed by atoms with Crippen molar-refractivity contribution in [2.45, 2.75) is 42.8 Å². The Hall–Kier alpha value is -0.750. The zero-order valence-corrected chi connectivity index (χ0v) is 13.9. The molecule has 0 bridgehead atoms. The van der Waals surface area contributed by atoms with Gasteiger partial charge in [0, 0.05) is 15.4 Å². The lowest BCUT2D eigenvalue weighted by molar-refractivity contribution is 0.0238. The summed E-state index contributed by atoms with van der Waals surface area (Å²) >= 11 is 2.39. The van der Waals surface area contributed by atoms with Gasteiger partial charge in [0.1, 0.15) is 12.2 Å². The molecule has 4 heteroatoms. The minimum absolute atomic E-state index is 0.171. The van der Waals surface area contributed by atoms with E-state index in [1.807, 2.05) is 0 Å². The van der Waals surface area contributed by atoms with Crippen LogP contribution in [-0.4, -0.2) is 26.8 Å². The highest BCUT2D eigenvalue weighted by molar-refractivity contribution is 14.1. The molecule has 1 aromatic rings. The average molecular weight is 398 g/mol. The van der Waals surface area contributed by atoms with Crippen LogP contribution in [0.15, 0.2) is 24.8 Å². The number of halogens is 1. The predicted molar refractivity (Wildman–Crippen MR) is 89.4 cm³/mol. The summed E-state index contributed by atoms with van der Waals surface area (Å²) in [5.41, 5.74) is 2.34. The summed E-state index contributed by atoms with van der Waals surface area (Å²) in [6, 6.07) is 3.80. The lowest BCUT2D eigenvalue weighted by Gasteiger charge is -2.39. The molecule has 1 saturated carbocycles. The topological polar surface area (TPSA) is 49.7 Å². The highest BCUT2D eigenvalue weighted by atomic mass is 127. The molecule has 0 radical (unpaired) electrons. The number of hydrogen-bond acceptors (Lipinski definition) is 3. The van der Waals surface area contributed by atoms with Gasteiger partial charge >= 0.3 is 0 Å². The van der Waals surface area contributed by atoms with E-state index in [0.29, 0.717) is 17.6 Å². The molecular formula is C17H19IO3. The second-order valence-corrected chi connectivity index (χ2v) is 7.62. The molecule has 21 heavy (non-hydrogen) atoms. The largest absolute Gasteiger partial charge is 0.504 e.